The van der Waals surface area contributed by atoms with Crippen molar-refractivity contribution in [1.82, 2.24) is 24.7 Å². The average Bonchev–Trinajstić information content (AvgIpc) is 2.84. The minimum absolute atomic E-state index is 0.521. The van der Waals surface area contributed by atoms with Crippen molar-refractivity contribution in [2.75, 3.05) is 14.1 Å². The third-order valence-corrected chi connectivity index (χ3v) is 4.32. The summed E-state index contributed by atoms with van der Waals surface area (Å²) in [6.45, 7) is 9.98. The van der Waals surface area contributed by atoms with Crippen LogP contribution in [0.5, 0.6) is 0 Å². The lowest BCUT2D eigenvalue weighted by molar-refractivity contribution is 0.214. The first-order valence-electron chi connectivity index (χ1n) is 7.02. The summed E-state index contributed by atoms with van der Waals surface area (Å²) in [7, 11) is 3.12. The summed E-state index contributed by atoms with van der Waals surface area (Å²) in [5.74, 6) is 0. The van der Waals surface area contributed by atoms with Crippen LogP contribution in [0.1, 0.15) is 27.8 Å². The van der Waals surface area contributed by atoms with Gasteiger partial charge in [-0.2, -0.15) is 4.68 Å². The van der Waals surface area contributed by atoms with Gasteiger partial charge < -0.3 is 4.90 Å². The van der Waals surface area contributed by atoms with Crippen molar-refractivity contribution >= 4 is 6.03 Å². The molecule has 0 saturated carbocycles. The summed E-state index contributed by atoms with van der Waals surface area (Å²) >= 11 is 0. The molecule has 0 bridgehead atoms. The van der Waals surface area contributed by atoms with Crippen LogP contribution in [0.2, 0.25) is 0 Å². The van der Waals surface area contributed by atoms with Crippen molar-refractivity contribution in [3.8, 4) is 5.69 Å². The largest absolute Gasteiger partial charge is 0.377 e. The van der Waals surface area contributed by atoms with Gasteiger partial charge in [-0.25, -0.2) is 9.59 Å². The number of hydrogen-bond acceptors (Lipinski definition) is 4. The van der Waals surface area contributed by atoms with Crippen LogP contribution < -0.4 is 5.69 Å². The Hall–Kier alpha value is -2.44. The summed E-state index contributed by atoms with van der Waals surface area (Å²) in [6, 6.07) is -0.521. The summed E-state index contributed by atoms with van der Waals surface area (Å²) < 4.78 is 1.97. The fourth-order valence-electron chi connectivity index (χ4n) is 2.49. The molecule has 118 valence electrons. The van der Waals surface area contributed by atoms with Crippen molar-refractivity contribution in [3.63, 3.8) is 0 Å². The SMILES string of the molecule is Cc1c(C)c(C)c(-n2nnn(C(=O)N(C)C)c2=O)c(C)c1C. The summed E-state index contributed by atoms with van der Waals surface area (Å²) in [6.07, 6.45) is 0. The van der Waals surface area contributed by atoms with Crippen LogP contribution in [0.4, 0.5) is 4.79 Å². The van der Waals surface area contributed by atoms with E-state index < -0.39 is 11.7 Å². The number of benzene rings is 1. The molecule has 1 amide bonds. The Labute approximate surface area is 129 Å². The highest BCUT2D eigenvalue weighted by Crippen LogP contribution is 2.27. The summed E-state index contributed by atoms with van der Waals surface area (Å²) in [5.41, 5.74) is 5.48. The first kappa shape index (κ1) is 15.9. The second kappa shape index (κ2) is 5.40. The van der Waals surface area contributed by atoms with Crippen molar-refractivity contribution < 1.29 is 4.79 Å². The van der Waals surface area contributed by atoms with E-state index in [0.29, 0.717) is 5.69 Å². The number of amides is 1. The Morgan fingerprint density at radius 2 is 1.32 bits per heavy atom. The van der Waals surface area contributed by atoms with Gasteiger partial charge in [0.05, 0.1) is 5.69 Å². The maximum absolute atomic E-state index is 12.5. The molecule has 1 heterocycles. The van der Waals surface area contributed by atoms with Crippen molar-refractivity contribution in [3.05, 3.63) is 38.3 Å². The number of hydrogen-bond donors (Lipinski definition) is 0. The van der Waals surface area contributed by atoms with Gasteiger partial charge >= 0.3 is 11.7 Å². The number of carbonyl (C=O) groups excluding carboxylic acids is 1. The second-order valence-corrected chi connectivity index (χ2v) is 5.74. The van der Waals surface area contributed by atoms with E-state index in [-0.39, 0.29) is 0 Å². The predicted molar refractivity (Wildman–Crippen MR) is 83.8 cm³/mol. The Morgan fingerprint density at radius 1 is 0.864 bits per heavy atom. The Bertz CT molecular complexity index is 785. The molecule has 0 aliphatic carbocycles. The number of carbonyl (C=O) groups is 1. The normalized spacial score (nSPS) is 10.9. The second-order valence-electron chi connectivity index (χ2n) is 5.74. The minimum Gasteiger partial charge on any atom is -0.329 e. The molecule has 2 rings (SSSR count). The smallest absolute Gasteiger partial charge is 0.329 e. The highest BCUT2D eigenvalue weighted by atomic mass is 16.2. The van der Waals surface area contributed by atoms with E-state index in [2.05, 4.69) is 17.4 Å². The van der Waals surface area contributed by atoms with Crippen LogP contribution in [0.25, 0.3) is 5.69 Å². The maximum Gasteiger partial charge on any atom is 0.377 e. The van der Waals surface area contributed by atoms with E-state index in [1.54, 1.807) is 14.1 Å². The quantitative estimate of drug-likeness (QED) is 0.748. The molecule has 0 unspecified atom stereocenters. The number of tetrazole rings is 1. The fourth-order valence-corrected chi connectivity index (χ4v) is 2.49. The van der Waals surface area contributed by atoms with E-state index in [0.717, 1.165) is 26.9 Å². The molecule has 0 radical (unpaired) electrons. The zero-order valence-electron chi connectivity index (χ0n) is 14.1. The maximum atomic E-state index is 12.5. The number of aromatic nitrogens is 4. The van der Waals surface area contributed by atoms with Gasteiger partial charge in [0.25, 0.3) is 0 Å². The standard InChI is InChI=1S/C15H21N5O2/c1-8-9(2)11(4)13(12(5)10(8)3)19-15(22)20(17-16-19)14(21)18(6)7/h1-7H3. The zero-order valence-corrected chi connectivity index (χ0v) is 14.1. The van der Waals surface area contributed by atoms with E-state index in [1.807, 2.05) is 27.7 Å². The Balaban J connectivity index is 2.75. The predicted octanol–water partition coefficient (Wildman–Crippen LogP) is 1.50. The van der Waals surface area contributed by atoms with Gasteiger partial charge in [0, 0.05) is 14.1 Å². The lowest BCUT2D eigenvalue weighted by Gasteiger charge is -2.17. The molecule has 0 atom stereocenters. The van der Waals surface area contributed by atoms with E-state index in [9.17, 15) is 9.59 Å². The van der Waals surface area contributed by atoms with Crippen LogP contribution in [0, 0.1) is 34.6 Å². The molecule has 1 aromatic heterocycles. The minimum atomic E-state index is -0.562. The van der Waals surface area contributed by atoms with Gasteiger partial charge in [0.2, 0.25) is 0 Å². The van der Waals surface area contributed by atoms with Crippen molar-refractivity contribution in [2.24, 2.45) is 0 Å². The molecule has 0 spiro atoms. The zero-order chi connectivity index (χ0) is 16.8. The molecule has 0 aliphatic heterocycles. The van der Waals surface area contributed by atoms with Crippen molar-refractivity contribution in [2.45, 2.75) is 34.6 Å². The van der Waals surface area contributed by atoms with Gasteiger partial charge in [-0.05, 0) is 72.9 Å². The Morgan fingerprint density at radius 3 is 1.77 bits per heavy atom. The van der Waals surface area contributed by atoms with Crippen LogP contribution in [-0.2, 0) is 0 Å². The third kappa shape index (κ3) is 2.22. The first-order chi connectivity index (χ1) is 10.2. The van der Waals surface area contributed by atoms with Gasteiger partial charge in [0.15, 0.2) is 0 Å². The molecule has 0 N–H and O–H groups in total. The van der Waals surface area contributed by atoms with E-state index >= 15 is 0 Å². The molecule has 7 nitrogen and oxygen atoms in total. The fraction of sp³-hybridized carbons (Fsp3) is 0.467. The lowest BCUT2D eigenvalue weighted by Crippen LogP contribution is -2.37. The molecule has 0 fully saturated rings. The molecule has 7 heteroatoms. The van der Waals surface area contributed by atoms with E-state index in [1.165, 1.54) is 15.1 Å². The van der Waals surface area contributed by atoms with Crippen LogP contribution in [-0.4, -0.2) is 44.8 Å². The molecular formula is C15H21N5O2. The average molecular weight is 303 g/mol. The highest BCUT2D eigenvalue weighted by molar-refractivity contribution is 5.74. The topological polar surface area (TPSA) is 73.0 Å². The lowest BCUT2D eigenvalue weighted by atomic mass is 9.93. The number of nitrogens with zero attached hydrogens (tertiary/aromatic N) is 5. The monoisotopic (exact) mass is 303 g/mol. The van der Waals surface area contributed by atoms with Crippen LogP contribution >= 0.6 is 0 Å². The molecule has 0 saturated heterocycles. The first-order valence-corrected chi connectivity index (χ1v) is 7.02. The van der Waals surface area contributed by atoms with Gasteiger partial charge in [-0.15, -0.1) is 4.68 Å². The van der Waals surface area contributed by atoms with E-state index in [4.69, 9.17) is 0 Å². The summed E-state index contributed by atoms with van der Waals surface area (Å²) in [4.78, 5) is 25.7. The van der Waals surface area contributed by atoms with Gasteiger partial charge in [-0.1, -0.05) is 0 Å². The molecule has 22 heavy (non-hydrogen) atoms. The highest BCUT2D eigenvalue weighted by Gasteiger charge is 2.21. The molecule has 2 aromatic rings. The Kier molecular flexibility index (Phi) is 3.91. The summed E-state index contributed by atoms with van der Waals surface area (Å²) in [5, 5.41) is 7.60. The number of rotatable bonds is 1. The van der Waals surface area contributed by atoms with Gasteiger partial charge in [-0.3, -0.25) is 0 Å². The van der Waals surface area contributed by atoms with Crippen LogP contribution in [0.3, 0.4) is 0 Å². The van der Waals surface area contributed by atoms with Crippen molar-refractivity contribution in [1.29, 1.82) is 0 Å². The van der Waals surface area contributed by atoms with Crippen LogP contribution in [0.15, 0.2) is 4.79 Å². The molecule has 1 aromatic carbocycles. The molecule has 0 aliphatic rings. The third-order valence-electron chi connectivity index (χ3n) is 4.32. The molecular weight excluding hydrogens is 282 g/mol. The van der Waals surface area contributed by atoms with Gasteiger partial charge in [0.1, 0.15) is 0 Å².